The second-order valence-corrected chi connectivity index (χ2v) is 7.33. The van der Waals surface area contributed by atoms with Crippen molar-refractivity contribution in [3.05, 3.63) is 22.7 Å². The Kier molecular flexibility index (Phi) is 6.42. The smallest absolute Gasteiger partial charge is 0.246 e. The number of ether oxygens (including phenoxy) is 1. The van der Waals surface area contributed by atoms with Gasteiger partial charge in [-0.2, -0.15) is 4.31 Å². The van der Waals surface area contributed by atoms with Crippen molar-refractivity contribution in [2.24, 2.45) is 0 Å². The quantitative estimate of drug-likeness (QED) is 0.805. The maximum Gasteiger partial charge on any atom is 0.246 e. The highest BCUT2D eigenvalue weighted by atomic mass is 35.5. The first-order chi connectivity index (χ1) is 9.73. The maximum atomic E-state index is 12.6. The highest BCUT2D eigenvalue weighted by molar-refractivity contribution is 7.89. The van der Waals surface area contributed by atoms with Gasteiger partial charge in [-0.25, -0.2) is 8.42 Å². The number of methoxy groups -OCH3 is 1. The number of sulfonamides is 1. The first-order valence-corrected chi connectivity index (χ1v) is 8.14. The van der Waals surface area contributed by atoms with Gasteiger partial charge in [0, 0.05) is 30.7 Å². The summed E-state index contributed by atoms with van der Waals surface area (Å²) >= 11 is 5.94. The zero-order valence-electron chi connectivity index (χ0n) is 12.6. The van der Waals surface area contributed by atoms with Crippen molar-refractivity contribution in [3.63, 3.8) is 0 Å². The summed E-state index contributed by atoms with van der Waals surface area (Å²) in [5.41, 5.74) is 0.338. The van der Waals surface area contributed by atoms with Gasteiger partial charge in [-0.05, 0) is 26.2 Å². The van der Waals surface area contributed by atoms with E-state index in [0.717, 1.165) is 0 Å². The molecule has 1 rings (SSSR count). The van der Waals surface area contributed by atoms with Crippen LogP contribution in [0.5, 0.6) is 5.75 Å². The molecule has 0 saturated heterocycles. The number of likely N-dealkylation sites (N-methyl/N-ethyl adjacent to an activating group) is 2. The van der Waals surface area contributed by atoms with Gasteiger partial charge in [0.15, 0.2) is 0 Å². The molecule has 0 fully saturated rings. The van der Waals surface area contributed by atoms with E-state index >= 15 is 0 Å². The lowest BCUT2D eigenvalue weighted by molar-refractivity contribution is 0.272. The molecule has 0 aliphatic rings. The minimum Gasteiger partial charge on any atom is -0.495 e. The third kappa shape index (κ3) is 4.31. The Morgan fingerprint density at radius 1 is 1.24 bits per heavy atom. The van der Waals surface area contributed by atoms with Crippen molar-refractivity contribution in [1.82, 2.24) is 9.21 Å². The molecular weight excluding hydrogens is 316 g/mol. The first kappa shape index (κ1) is 18.2. The average Bonchev–Trinajstić information content (AvgIpc) is 2.43. The summed E-state index contributed by atoms with van der Waals surface area (Å²) in [5.74, 6) is 0.124. The Morgan fingerprint density at radius 3 is 2.33 bits per heavy atom. The van der Waals surface area contributed by atoms with Gasteiger partial charge in [-0.3, -0.25) is 0 Å². The van der Waals surface area contributed by atoms with Crippen LogP contribution in [0.15, 0.2) is 17.0 Å². The molecule has 21 heavy (non-hydrogen) atoms. The SMILES string of the molecule is COc1c(CO)cc(Cl)cc1S(=O)(=O)N(C)CCN(C)C. The van der Waals surface area contributed by atoms with Crippen LogP contribution < -0.4 is 4.74 Å². The van der Waals surface area contributed by atoms with E-state index in [-0.39, 0.29) is 22.3 Å². The van der Waals surface area contributed by atoms with Crippen LogP contribution in [0.2, 0.25) is 5.02 Å². The number of benzene rings is 1. The van der Waals surface area contributed by atoms with Crippen molar-refractivity contribution in [1.29, 1.82) is 0 Å². The number of aliphatic hydroxyl groups excluding tert-OH is 1. The number of aliphatic hydroxyl groups is 1. The highest BCUT2D eigenvalue weighted by Crippen LogP contribution is 2.33. The van der Waals surface area contributed by atoms with E-state index in [9.17, 15) is 13.5 Å². The molecule has 0 heterocycles. The third-order valence-corrected chi connectivity index (χ3v) is 5.10. The van der Waals surface area contributed by atoms with Crippen LogP contribution in [0.1, 0.15) is 5.56 Å². The van der Waals surface area contributed by atoms with Crippen LogP contribution in [0.3, 0.4) is 0 Å². The minimum atomic E-state index is -3.75. The first-order valence-electron chi connectivity index (χ1n) is 6.32. The second kappa shape index (κ2) is 7.42. The topological polar surface area (TPSA) is 70.1 Å². The summed E-state index contributed by atoms with van der Waals surface area (Å²) in [6.45, 7) is 0.568. The van der Waals surface area contributed by atoms with Crippen molar-refractivity contribution < 1.29 is 18.3 Å². The number of rotatable bonds is 7. The lowest BCUT2D eigenvalue weighted by atomic mass is 10.2. The molecule has 0 saturated carbocycles. The average molecular weight is 337 g/mol. The monoisotopic (exact) mass is 336 g/mol. The van der Waals surface area contributed by atoms with Crippen LogP contribution >= 0.6 is 11.6 Å². The molecule has 8 heteroatoms. The summed E-state index contributed by atoms with van der Waals surface area (Å²) in [5, 5.41) is 9.56. The standard InChI is InChI=1S/C13H21ClN2O4S/c1-15(2)5-6-16(3)21(18,19)12-8-11(14)7-10(9-17)13(12)20-4/h7-8,17H,5-6,9H2,1-4H3. The van der Waals surface area contributed by atoms with Crippen LogP contribution in [-0.2, 0) is 16.6 Å². The largest absolute Gasteiger partial charge is 0.495 e. The molecule has 0 bridgehead atoms. The molecule has 0 atom stereocenters. The van der Waals surface area contributed by atoms with Gasteiger partial charge in [-0.15, -0.1) is 0 Å². The predicted molar refractivity (Wildman–Crippen MR) is 82.3 cm³/mol. The van der Waals surface area contributed by atoms with Gasteiger partial charge in [0.25, 0.3) is 0 Å². The Balaban J connectivity index is 3.27. The molecule has 0 aromatic heterocycles. The fraction of sp³-hybridized carbons (Fsp3) is 0.538. The second-order valence-electron chi connectivity index (χ2n) is 4.88. The summed E-state index contributed by atoms with van der Waals surface area (Å²) < 4.78 is 31.7. The van der Waals surface area contributed by atoms with E-state index in [1.165, 1.54) is 30.6 Å². The van der Waals surface area contributed by atoms with Crippen LogP contribution in [0, 0.1) is 0 Å². The van der Waals surface area contributed by atoms with Gasteiger partial charge in [0.05, 0.1) is 13.7 Å². The number of hydrogen-bond donors (Lipinski definition) is 1. The molecule has 0 aliphatic carbocycles. The molecule has 0 amide bonds. The minimum absolute atomic E-state index is 0.0391. The fourth-order valence-corrected chi connectivity index (χ4v) is 3.48. The van der Waals surface area contributed by atoms with Crippen LogP contribution in [0.25, 0.3) is 0 Å². The van der Waals surface area contributed by atoms with Gasteiger partial charge < -0.3 is 14.7 Å². The summed E-state index contributed by atoms with van der Waals surface area (Å²) in [4.78, 5) is 1.85. The zero-order valence-corrected chi connectivity index (χ0v) is 14.2. The molecule has 1 N–H and O–H groups in total. The van der Waals surface area contributed by atoms with E-state index in [1.807, 2.05) is 19.0 Å². The molecule has 120 valence electrons. The Bertz CT molecular complexity index is 590. The Labute approximate surface area is 130 Å². The Morgan fingerprint density at radius 2 is 1.86 bits per heavy atom. The molecular formula is C13H21ClN2O4S. The van der Waals surface area contributed by atoms with Crippen LogP contribution in [0.4, 0.5) is 0 Å². The lowest BCUT2D eigenvalue weighted by Gasteiger charge is -2.21. The summed E-state index contributed by atoms with van der Waals surface area (Å²) in [7, 11) is 2.84. The number of hydrogen-bond acceptors (Lipinski definition) is 5. The van der Waals surface area contributed by atoms with Crippen LogP contribution in [-0.4, -0.2) is 64.1 Å². The van der Waals surface area contributed by atoms with Crippen molar-refractivity contribution >= 4 is 21.6 Å². The lowest BCUT2D eigenvalue weighted by Crippen LogP contribution is -2.33. The van der Waals surface area contributed by atoms with Gasteiger partial charge in [0.2, 0.25) is 10.0 Å². The number of nitrogens with zero attached hydrogens (tertiary/aromatic N) is 2. The molecule has 0 aliphatic heterocycles. The molecule has 1 aromatic rings. The normalized spacial score (nSPS) is 12.2. The zero-order chi connectivity index (χ0) is 16.2. The molecule has 0 spiro atoms. The van der Waals surface area contributed by atoms with E-state index in [2.05, 4.69) is 0 Å². The van der Waals surface area contributed by atoms with Gasteiger partial charge >= 0.3 is 0 Å². The summed E-state index contributed by atoms with van der Waals surface area (Å²) in [6, 6.07) is 2.82. The van der Waals surface area contributed by atoms with Crippen molar-refractivity contribution in [2.45, 2.75) is 11.5 Å². The third-order valence-electron chi connectivity index (χ3n) is 3.02. The Hall–Kier alpha value is -0.860. The maximum absolute atomic E-state index is 12.6. The van der Waals surface area contributed by atoms with E-state index < -0.39 is 10.0 Å². The van der Waals surface area contributed by atoms with E-state index in [4.69, 9.17) is 16.3 Å². The van der Waals surface area contributed by atoms with E-state index in [1.54, 1.807) is 0 Å². The number of halogens is 1. The van der Waals surface area contributed by atoms with Crippen molar-refractivity contribution in [3.8, 4) is 5.75 Å². The molecule has 6 nitrogen and oxygen atoms in total. The molecule has 1 aromatic carbocycles. The van der Waals surface area contributed by atoms with Crippen molar-refractivity contribution in [2.75, 3.05) is 41.3 Å². The predicted octanol–water partition coefficient (Wildman–Crippen LogP) is 1.02. The van der Waals surface area contributed by atoms with E-state index in [0.29, 0.717) is 18.7 Å². The van der Waals surface area contributed by atoms with Gasteiger partial charge in [-0.1, -0.05) is 11.6 Å². The highest BCUT2D eigenvalue weighted by Gasteiger charge is 2.27. The summed E-state index contributed by atoms with van der Waals surface area (Å²) in [6.07, 6.45) is 0. The fourth-order valence-electron chi connectivity index (χ4n) is 1.79. The van der Waals surface area contributed by atoms with Gasteiger partial charge in [0.1, 0.15) is 10.6 Å². The molecule has 0 unspecified atom stereocenters. The molecule has 0 radical (unpaired) electrons.